The van der Waals surface area contributed by atoms with E-state index in [4.69, 9.17) is 7.70 Å². The molecule has 0 aliphatic rings. The van der Waals surface area contributed by atoms with Gasteiger partial charge in [-0.05, 0) is 0 Å². The quantitative estimate of drug-likeness (QED) is 0.324. The molecule has 0 unspecified atom stereocenters. The van der Waals surface area contributed by atoms with Crippen LogP contribution in [0.3, 0.4) is 0 Å². The Morgan fingerprint density at radius 2 is 1.11 bits per heavy atom. The molecule has 27 heavy (non-hydrogen) atoms. The Morgan fingerprint density at radius 3 is 1.52 bits per heavy atom. The number of unbranched alkanes of at least 4 members (excludes halogenated alkanes) is 2. The maximum absolute atomic E-state index is 5.87. The van der Waals surface area contributed by atoms with Crippen LogP contribution in [0.2, 0.25) is 0 Å². The Bertz CT molecular complexity index is 575. The van der Waals surface area contributed by atoms with Crippen LogP contribution in [-0.2, 0) is 15.3 Å². The van der Waals surface area contributed by atoms with E-state index in [0.717, 1.165) is 23.0 Å². The van der Waals surface area contributed by atoms with Gasteiger partial charge in [-0.1, -0.05) is 0 Å². The molecule has 0 saturated carbocycles. The van der Waals surface area contributed by atoms with E-state index in [1.54, 1.807) is 0 Å². The molecule has 7 heteroatoms. The van der Waals surface area contributed by atoms with Crippen molar-refractivity contribution >= 4 is 23.5 Å². The van der Waals surface area contributed by atoms with Crippen molar-refractivity contribution in [2.45, 2.75) is 49.3 Å². The van der Waals surface area contributed by atoms with E-state index >= 15 is 0 Å². The summed E-state index contributed by atoms with van der Waals surface area (Å²) in [6.07, 6.45) is 4.86. The van der Waals surface area contributed by atoms with E-state index in [1.807, 2.05) is 47.8 Å². The van der Waals surface area contributed by atoms with Gasteiger partial charge in [0.05, 0.1) is 0 Å². The second-order valence-electron chi connectivity index (χ2n) is 5.49. The summed E-state index contributed by atoms with van der Waals surface area (Å²) in [7, 11) is 0. The maximum Gasteiger partial charge on any atom is -0.412 e. The van der Waals surface area contributed by atoms with Gasteiger partial charge in [-0.25, -0.2) is 0 Å². The fourth-order valence-corrected chi connectivity index (χ4v) is 4.86. The summed E-state index contributed by atoms with van der Waals surface area (Å²) in [5.41, 5.74) is 0. The van der Waals surface area contributed by atoms with Gasteiger partial charge in [0.2, 0.25) is 0 Å². The summed E-state index contributed by atoms with van der Waals surface area (Å²) in [5, 5.41) is 0. The molecule has 0 heterocycles. The molecular formula is C20H30CoO4S2. The molecule has 2 aromatic carbocycles. The Kier molecular flexibility index (Phi) is 15.7. The van der Waals surface area contributed by atoms with Crippen molar-refractivity contribution in [2.75, 3.05) is 11.5 Å². The zero-order valence-corrected chi connectivity index (χ0v) is 18.5. The van der Waals surface area contributed by atoms with E-state index in [1.165, 1.54) is 35.5 Å². The van der Waals surface area contributed by atoms with Gasteiger partial charge in [0, 0.05) is 0 Å². The molecule has 0 saturated heterocycles. The van der Waals surface area contributed by atoms with Gasteiger partial charge in [-0.15, -0.1) is 0 Å². The zero-order valence-electron chi connectivity index (χ0n) is 15.8. The van der Waals surface area contributed by atoms with Crippen LogP contribution in [0.1, 0.15) is 39.5 Å². The number of hydrogen-bond acceptors (Lipinski definition) is 4. The fraction of sp³-hybridized carbons (Fsp3) is 0.400. The molecular weight excluding hydrogens is 427 g/mol. The normalized spacial score (nSPS) is 10.0. The molecule has 2 aromatic rings. The van der Waals surface area contributed by atoms with E-state index in [0.29, 0.717) is 15.3 Å². The van der Waals surface area contributed by atoms with Crippen molar-refractivity contribution in [2.24, 2.45) is 0 Å². The van der Waals surface area contributed by atoms with Crippen molar-refractivity contribution in [3.63, 3.8) is 0 Å². The van der Waals surface area contributed by atoms with Gasteiger partial charge < -0.3 is 11.0 Å². The molecule has 0 radical (unpaired) electrons. The standard InChI is InChI=1S/2C10H14OS.Co.2H2O/c2*1-2-3-8-12-10-7-5-4-6-9(10)11;;;/h2*4-7,11H,2-3,8H2,1H3;;2*1H2/q;;+2;;/p-2. The fourth-order valence-electron chi connectivity index (χ4n) is 1.98. The summed E-state index contributed by atoms with van der Waals surface area (Å²) in [5.74, 6) is 4.01. The Balaban J connectivity index is 0.00000338. The topological polar surface area (TPSA) is 81.5 Å². The second-order valence-corrected chi connectivity index (χ2v) is 8.36. The molecule has 0 bridgehead atoms. The van der Waals surface area contributed by atoms with E-state index in [2.05, 4.69) is 38.1 Å². The smallest absolute Gasteiger partial charge is 0.412 e. The first kappa shape index (κ1) is 26.2. The molecule has 0 atom stereocenters. The van der Waals surface area contributed by atoms with Crippen LogP contribution in [0.5, 0.6) is 11.5 Å². The minimum Gasteiger partial charge on any atom is -0.412 e. The summed E-state index contributed by atoms with van der Waals surface area (Å²) < 4.78 is 11.7. The third-order valence-electron chi connectivity index (χ3n) is 3.41. The zero-order chi connectivity index (χ0) is 17.7. The predicted octanol–water partition coefficient (Wildman–Crippen LogP) is 5.19. The third kappa shape index (κ3) is 9.78. The van der Waals surface area contributed by atoms with Gasteiger partial charge in [0.1, 0.15) is 0 Å². The molecule has 0 amide bonds. The summed E-state index contributed by atoms with van der Waals surface area (Å²) >= 11 is 4.23. The van der Waals surface area contributed by atoms with Crippen LogP contribution in [0.4, 0.5) is 0 Å². The van der Waals surface area contributed by atoms with Gasteiger partial charge in [-0.2, -0.15) is 0 Å². The Morgan fingerprint density at radius 1 is 0.704 bits per heavy atom. The summed E-state index contributed by atoms with van der Waals surface area (Å²) in [6, 6.07) is 16.3. The van der Waals surface area contributed by atoms with Gasteiger partial charge >= 0.3 is 167 Å². The average Bonchev–Trinajstić information content (AvgIpc) is 2.64. The molecule has 2 rings (SSSR count). The summed E-state index contributed by atoms with van der Waals surface area (Å²) in [4.78, 5) is 2.36. The molecule has 0 aromatic heterocycles. The number of benzene rings is 2. The Labute approximate surface area is 178 Å². The largest absolute Gasteiger partial charge is 0.412 e. The molecule has 4 N–H and O–H groups in total. The van der Waals surface area contributed by atoms with Crippen molar-refractivity contribution in [1.82, 2.24) is 0 Å². The van der Waals surface area contributed by atoms with Crippen molar-refractivity contribution in [1.29, 1.82) is 0 Å². The number of hydrogen-bond donors (Lipinski definition) is 0. The predicted molar refractivity (Wildman–Crippen MR) is 113 cm³/mol. The van der Waals surface area contributed by atoms with Crippen LogP contribution < -0.4 is 7.70 Å². The SMILES string of the molecule is CCCCSc1ccccc1[O][Co][O]c1ccccc1SCCCC.O.O. The van der Waals surface area contributed by atoms with Crippen LogP contribution in [0, 0.1) is 0 Å². The van der Waals surface area contributed by atoms with Crippen LogP contribution >= 0.6 is 23.5 Å². The van der Waals surface area contributed by atoms with Crippen LogP contribution in [-0.4, -0.2) is 22.5 Å². The molecule has 0 aliphatic heterocycles. The van der Waals surface area contributed by atoms with E-state index in [-0.39, 0.29) is 11.0 Å². The molecule has 0 aliphatic carbocycles. The minimum absolute atomic E-state index is 0. The first-order valence-electron chi connectivity index (χ1n) is 8.73. The summed E-state index contributed by atoms with van der Waals surface area (Å²) in [6.45, 7) is 4.43. The first-order valence-corrected chi connectivity index (χ1v) is 11.6. The van der Waals surface area contributed by atoms with Gasteiger partial charge in [0.15, 0.2) is 0 Å². The molecule has 0 spiro atoms. The average molecular weight is 458 g/mol. The number of thioether (sulfide) groups is 2. The van der Waals surface area contributed by atoms with E-state index in [9.17, 15) is 0 Å². The maximum atomic E-state index is 5.87. The van der Waals surface area contributed by atoms with Gasteiger partial charge in [-0.3, -0.25) is 0 Å². The first-order chi connectivity index (χ1) is 12.3. The van der Waals surface area contributed by atoms with Crippen LogP contribution in [0.15, 0.2) is 58.3 Å². The van der Waals surface area contributed by atoms with Crippen molar-refractivity contribution in [3.05, 3.63) is 48.5 Å². The Hall–Kier alpha value is -0.834. The third-order valence-corrected chi connectivity index (χ3v) is 6.32. The molecule has 0 fully saturated rings. The van der Waals surface area contributed by atoms with Gasteiger partial charge in [0.25, 0.3) is 0 Å². The minimum atomic E-state index is 0. The van der Waals surface area contributed by atoms with E-state index < -0.39 is 0 Å². The molecule has 155 valence electrons. The number of para-hydroxylation sites is 2. The van der Waals surface area contributed by atoms with Crippen LogP contribution in [0.25, 0.3) is 0 Å². The monoisotopic (exact) mass is 457 g/mol. The van der Waals surface area contributed by atoms with Crippen molar-refractivity contribution in [3.8, 4) is 11.5 Å². The number of rotatable bonds is 12. The second kappa shape index (κ2) is 16.2. The van der Waals surface area contributed by atoms with Crippen molar-refractivity contribution < 1.29 is 34.0 Å². The molecule has 4 nitrogen and oxygen atoms in total.